The van der Waals surface area contributed by atoms with E-state index in [-0.39, 0.29) is 23.4 Å². The van der Waals surface area contributed by atoms with Gasteiger partial charge in [-0.2, -0.15) is 0 Å². The predicted molar refractivity (Wildman–Crippen MR) is 96.4 cm³/mol. The lowest BCUT2D eigenvalue weighted by Crippen LogP contribution is -2.59. The summed E-state index contributed by atoms with van der Waals surface area (Å²) in [6.07, 6.45) is 0.935. The lowest BCUT2D eigenvalue weighted by molar-refractivity contribution is -0.145. The number of carbonyl (C=O) groups is 2. The Labute approximate surface area is 157 Å². The molecule has 1 aromatic rings. The van der Waals surface area contributed by atoms with Crippen molar-refractivity contribution < 1.29 is 19.1 Å². The van der Waals surface area contributed by atoms with Gasteiger partial charge in [-0.3, -0.25) is 9.59 Å². The monoisotopic (exact) mass is 382 g/mol. The van der Waals surface area contributed by atoms with Gasteiger partial charge in [-0.05, 0) is 42.9 Å². The molecule has 1 N–H and O–H groups in total. The molecule has 0 bridgehead atoms. The van der Waals surface area contributed by atoms with Gasteiger partial charge in [0.2, 0.25) is 0 Å². The number of hydrogen-bond donors (Lipinski definition) is 1. The van der Waals surface area contributed by atoms with Gasteiger partial charge in [-0.15, -0.1) is 0 Å². The number of aliphatic hydroxyl groups excluding tert-OH is 1. The fourth-order valence-electron chi connectivity index (χ4n) is 3.44. The van der Waals surface area contributed by atoms with Crippen molar-refractivity contribution in [2.45, 2.75) is 38.8 Å². The second-order valence-electron chi connectivity index (χ2n) is 7.50. The Bertz CT molecular complexity index is 708. The van der Waals surface area contributed by atoms with E-state index in [9.17, 15) is 19.1 Å². The maximum absolute atomic E-state index is 14.1. The molecular formula is C19H24ClFN2O3. The molecule has 0 aromatic heterocycles. The second-order valence-corrected chi connectivity index (χ2v) is 7.94. The Morgan fingerprint density at radius 3 is 2.58 bits per heavy atom. The van der Waals surface area contributed by atoms with Crippen LogP contribution in [0.15, 0.2) is 18.2 Å². The Balaban J connectivity index is 1.78. The summed E-state index contributed by atoms with van der Waals surface area (Å²) in [5.74, 6) is -1.14. The number of benzene rings is 1. The molecule has 1 heterocycles. The summed E-state index contributed by atoms with van der Waals surface area (Å²) in [6.45, 7) is 4.62. The largest absolute Gasteiger partial charge is 0.383 e. The fraction of sp³-hybridized carbons (Fsp3) is 0.579. The van der Waals surface area contributed by atoms with E-state index in [0.717, 1.165) is 12.8 Å². The molecule has 142 valence electrons. The summed E-state index contributed by atoms with van der Waals surface area (Å²) in [4.78, 5) is 28.7. The summed E-state index contributed by atoms with van der Waals surface area (Å²) in [5.41, 5.74) is -0.0369. The van der Waals surface area contributed by atoms with E-state index in [2.05, 4.69) is 0 Å². The maximum atomic E-state index is 14.1. The normalized spacial score (nSPS) is 21.8. The van der Waals surface area contributed by atoms with E-state index in [1.54, 1.807) is 23.6 Å². The number of halogens is 2. The van der Waals surface area contributed by atoms with Crippen LogP contribution in [0.1, 0.15) is 37.0 Å². The Kier molecular flexibility index (Phi) is 5.53. The molecule has 1 aromatic carbocycles. The second kappa shape index (κ2) is 7.53. The van der Waals surface area contributed by atoms with Gasteiger partial charge in [-0.1, -0.05) is 25.4 Å². The molecule has 5 nitrogen and oxygen atoms in total. The summed E-state index contributed by atoms with van der Waals surface area (Å²) in [5, 5.41) is 10.4. The molecule has 1 unspecified atom stereocenters. The van der Waals surface area contributed by atoms with Crippen LogP contribution in [0.3, 0.4) is 0 Å². The lowest BCUT2D eigenvalue weighted by atomic mass is 10.0. The van der Waals surface area contributed by atoms with Crippen molar-refractivity contribution in [3.63, 3.8) is 0 Å². The molecule has 2 amide bonds. The zero-order chi connectivity index (χ0) is 19.0. The van der Waals surface area contributed by atoms with E-state index < -0.39 is 17.8 Å². The number of amides is 2. The molecule has 7 heteroatoms. The predicted octanol–water partition coefficient (Wildman–Crippen LogP) is 2.56. The average molecular weight is 383 g/mol. The van der Waals surface area contributed by atoms with Crippen LogP contribution in [-0.2, 0) is 4.79 Å². The molecule has 3 rings (SSSR count). The molecule has 1 aliphatic heterocycles. The summed E-state index contributed by atoms with van der Waals surface area (Å²) in [7, 11) is 0. The smallest absolute Gasteiger partial charge is 0.257 e. The van der Waals surface area contributed by atoms with Crippen molar-refractivity contribution in [1.29, 1.82) is 0 Å². The van der Waals surface area contributed by atoms with E-state index in [4.69, 9.17) is 11.6 Å². The molecule has 1 saturated heterocycles. The van der Waals surface area contributed by atoms with Crippen LogP contribution in [-0.4, -0.2) is 58.5 Å². The highest BCUT2D eigenvalue weighted by Gasteiger charge is 2.43. The number of carbonyl (C=O) groups excluding carboxylic acids is 2. The van der Waals surface area contributed by atoms with Crippen LogP contribution in [0, 0.1) is 17.7 Å². The highest BCUT2D eigenvalue weighted by Crippen LogP contribution is 2.38. The minimum Gasteiger partial charge on any atom is -0.383 e. The van der Waals surface area contributed by atoms with Gasteiger partial charge in [0.25, 0.3) is 11.8 Å². The van der Waals surface area contributed by atoms with Gasteiger partial charge in [0, 0.05) is 24.7 Å². The third-order valence-corrected chi connectivity index (χ3v) is 5.44. The maximum Gasteiger partial charge on any atom is 0.257 e. The third kappa shape index (κ3) is 3.86. The van der Waals surface area contributed by atoms with Crippen LogP contribution < -0.4 is 0 Å². The van der Waals surface area contributed by atoms with Crippen LogP contribution in [0.5, 0.6) is 0 Å². The molecule has 2 atom stereocenters. The third-order valence-electron chi connectivity index (χ3n) is 5.20. The molecule has 26 heavy (non-hydrogen) atoms. The van der Waals surface area contributed by atoms with Crippen LogP contribution in [0.4, 0.5) is 4.39 Å². The molecule has 2 aliphatic rings. The van der Waals surface area contributed by atoms with Crippen molar-refractivity contribution in [2.24, 2.45) is 11.8 Å². The first-order valence-corrected chi connectivity index (χ1v) is 9.40. The van der Waals surface area contributed by atoms with Crippen molar-refractivity contribution in [2.75, 3.05) is 19.6 Å². The van der Waals surface area contributed by atoms with Gasteiger partial charge in [0.15, 0.2) is 0 Å². The van der Waals surface area contributed by atoms with Crippen LogP contribution >= 0.6 is 11.6 Å². The molecule has 0 spiro atoms. The molecule has 2 fully saturated rings. The minimum absolute atomic E-state index is 0.0369. The topological polar surface area (TPSA) is 60.9 Å². The molecule has 1 aliphatic carbocycles. The molecule has 0 radical (unpaired) electrons. The van der Waals surface area contributed by atoms with Crippen molar-refractivity contribution >= 4 is 23.4 Å². The fourth-order valence-corrected chi connectivity index (χ4v) is 3.61. The highest BCUT2D eigenvalue weighted by molar-refractivity contribution is 6.31. The Morgan fingerprint density at radius 1 is 1.27 bits per heavy atom. The zero-order valence-corrected chi connectivity index (χ0v) is 15.7. The standard InChI is InChI=1S/C19H24ClFN2O3/c1-11(2)17(24)19(26)22-7-8-23(16(10-22)12-3-4-12)18(25)14-9-13(20)5-6-15(14)21/h5-6,9,11-12,16-17,24H,3-4,7-8,10H2,1-2H3/t16?,17-/m0/s1. The summed E-state index contributed by atoms with van der Waals surface area (Å²) >= 11 is 5.92. The molecular weight excluding hydrogens is 359 g/mol. The molecule has 1 saturated carbocycles. The van der Waals surface area contributed by atoms with E-state index in [1.807, 2.05) is 0 Å². The first-order chi connectivity index (χ1) is 12.3. The van der Waals surface area contributed by atoms with Gasteiger partial charge >= 0.3 is 0 Å². The lowest BCUT2D eigenvalue weighted by Gasteiger charge is -2.42. The number of rotatable bonds is 4. The van der Waals surface area contributed by atoms with Gasteiger partial charge < -0.3 is 14.9 Å². The first-order valence-electron chi connectivity index (χ1n) is 9.02. The van der Waals surface area contributed by atoms with Crippen molar-refractivity contribution in [3.05, 3.63) is 34.6 Å². The van der Waals surface area contributed by atoms with E-state index in [1.165, 1.54) is 18.2 Å². The number of nitrogens with zero attached hydrogens (tertiary/aromatic N) is 2. The van der Waals surface area contributed by atoms with Crippen molar-refractivity contribution in [3.8, 4) is 0 Å². The van der Waals surface area contributed by atoms with Crippen LogP contribution in [0.2, 0.25) is 5.02 Å². The zero-order valence-electron chi connectivity index (χ0n) is 15.0. The Hall–Kier alpha value is -1.66. The van der Waals surface area contributed by atoms with E-state index in [0.29, 0.717) is 30.6 Å². The van der Waals surface area contributed by atoms with Gasteiger partial charge in [-0.25, -0.2) is 4.39 Å². The summed E-state index contributed by atoms with van der Waals surface area (Å²) in [6, 6.07) is 3.80. The first kappa shape index (κ1) is 19.1. The number of hydrogen-bond acceptors (Lipinski definition) is 3. The quantitative estimate of drug-likeness (QED) is 0.870. The number of piperazine rings is 1. The average Bonchev–Trinajstić information content (AvgIpc) is 3.46. The van der Waals surface area contributed by atoms with E-state index >= 15 is 0 Å². The van der Waals surface area contributed by atoms with Crippen LogP contribution in [0.25, 0.3) is 0 Å². The summed E-state index contributed by atoms with van der Waals surface area (Å²) < 4.78 is 14.1. The number of aliphatic hydroxyl groups is 1. The van der Waals surface area contributed by atoms with Gasteiger partial charge in [0.1, 0.15) is 11.9 Å². The van der Waals surface area contributed by atoms with Gasteiger partial charge in [0.05, 0.1) is 11.6 Å². The highest BCUT2D eigenvalue weighted by atomic mass is 35.5. The Morgan fingerprint density at radius 2 is 1.96 bits per heavy atom. The van der Waals surface area contributed by atoms with Crippen molar-refractivity contribution in [1.82, 2.24) is 9.80 Å². The minimum atomic E-state index is -1.04. The SMILES string of the molecule is CC(C)[C@H](O)C(=O)N1CCN(C(=O)c2cc(Cl)ccc2F)C(C2CC2)C1.